The van der Waals surface area contributed by atoms with E-state index in [0.29, 0.717) is 25.0 Å². The summed E-state index contributed by atoms with van der Waals surface area (Å²) in [5.74, 6) is -0.760. The molecule has 0 bridgehead atoms. The molecule has 28 heavy (non-hydrogen) atoms. The SMILES string of the molecule is CC(Cc1ccc(C(C)(C)C)cc1)C(=O)Oc1ccc(CCCC(=O)O)cc1. The zero-order chi connectivity index (χ0) is 20.7. The third-order valence-corrected chi connectivity index (χ3v) is 4.76. The van der Waals surface area contributed by atoms with Gasteiger partial charge in [0.1, 0.15) is 5.75 Å². The van der Waals surface area contributed by atoms with Crippen LogP contribution in [-0.4, -0.2) is 17.0 Å². The highest BCUT2D eigenvalue weighted by Crippen LogP contribution is 2.23. The Morgan fingerprint density at radius 1 is 0.964 bits per heavy atom. The summed E-state index contributed by atoms with van der Waals surface area (Å²) in [6, 6.07) is 15.7. The lowest BCUT2D eigenvalue weighted by atomic mass is 9.86. The number of carbonyl (C=O) groups is 2. The molecule has 150 valence electrons. The molecule has 0 aliphatic heterocycles. The maximum atomic E-state index is 12.4. The third-order valence-electron chi connectivity index (χ3n) is 4.76. The molecule has 2 aromatic rings. The van der Waals surface area contributed by atoms with Crippen LogP contribution in [0.5, 0.6) is 5.75 Å². The Labute approximate surface area is 167 Å². The van der Waals surface area contributed by atoms with Crippen molar-refractivity contribution in [3.8, 4) is 5.75 Å². The summed E-state index contributed by atoms with van der Waals surface area (Å²) in [6.45, 7) is 8.42. The van der Waals surface area contributed by atoms with Gasteiger partial charge < -0.3 is 9.84 Å². The molecule has 1 atom stereocenters. The number of hydrogen-bond acceptors (Lipinski definition) is 3. The summed E-state index contributed by atoms with van der Waals surface area (Å²) < 4.78 is 5.49. The number of benzene rings is 2. The van der Waals surface area contributed by atoms with Gasteiger partial charge in [-0.2, -0.15) is 0 Å². The van der Waals surface area contributed by atoms with Crippen LogP contribution in [0.3, 0.4) is 0 Å². The first kappa shape index (κ1) is 21.7. The number of aliphatic carboxylic acids is 1. The van der Waals surface area contributed by atoms with E-state index in [-0.39, 0.29) is 23.7 Å². The van der Waals surface area contributed by atoms with Crippen molar-refractivity contribution in [1.29, 1.82) is 0 Å². The predicted molar refractivity (Wildman–Crippen MR) is 111 cm³/mol. The largest absolute Gasteiger partial charge is 0.481 e. The van der Waals surface area contributed by atoms with Crippen LogP contribution in [0.15, 0.2) is 48.5 Å². The molecule has 2 rings (SSSR count). The van der Waals surface area contributed by atoms with E-state index in [9.17, 15) is 9.59 Å². The van der Waals surface area contributed by atoms with Gasteiger partial charge >= 0.3 is 11.9 Å². The van der Waals surface area contributed by atoms with Crippen LogP contribution in [-0.2, 0) is 27.8 Å². The minimum Gasteiger partial charge on any atom is -0.481 e. The lowest BCUT2D eigenvalue weighted by Crippen LogP contribution is -2.20. The molecule has 1 N–H and O–H groups in total. The number of esters is 1. The first-order valence-electron chi connectivity index (χ1n) is 9.77. The molecule has 0 aliphatic rings. The number of hydrogen-bond donors (Lipinski definition) is 1. The number of rotatable bonds is 8. The monoisotopic (exact) mass is 382 g/mol. The van der Waals surface area contributed by atoms with Crippen molar-refractivity contribution < 1.29 is 19.4 Å². The Balaban J connectivity index is 1.87. The molecular formula is C24H30O4. The molecule has 0 spiro atoms. The Kier molecular flexibility index (Phi) is 7.38. The van der Waals surface area contributed by atoms with Crippen LogP contribution in [0.2, 0.25) is 0 Å². The van der Waals surface area contributed by atoms with Gasteiger partial charge in [0, 0.05) is 6.42 Å². The second-order valence-corrected chi connectivity index (χ2v) is 8.36. The molecule has 0 fully saturated rings. The lowest BCUT2D eigenvalue weighted by Gasteiger charge is -2.19. The summed E-state index contributed by atoms with van der Waals surface area (Å²) in [7, 11) is 0. The van der Waals surface area contributed by atoms with E-state index in [1.165, 1.54) is 5.56 Å². The molecule has 0 aromatic heterocycles. The van der Waals surface area contributed by atoms with Gasteiger partial charge in [0.2, 0.25) is 0 Å². The van der Waals surface area contributed by atoms with Crippen molar-refractivity contribution >= 4 is 11.9 Å². The number of carboxylic acid groups (broad SMARTS) is 1. The van der Waals surface area contributed by atoms with E-state index in [4.69, 9.17) is 9.84 Å². The summed E-state index contributed by atoms with van der Waals surface area (Å²) in [6.07, 6.45) is 2.09. The Bertz CT molecular complexity index is 783. The van der Waals surface area contributed by atoms with Crippen molar-refractivity contribution in [2.24, 2.45) is 5.92 Å². The predicted octanol–water partition coefficient (Wildman–Crippen LogP) is 5.18. The molecular weight excluding hydrogens is 352 g/mol. The fourth-order valence-electron chi connectivity index (χ4n) is 2.96. The molecule has 0 saturated carbocycles. The van der Waals surface area contributed by atoms with Gasteiger partial charge in [-0.3, -0.25) is 9.59 Å². The summed E-state index contributed by atoms with van der Waals surface area (Å²) in [4.78, 5) is 23.0. The fraction of sp³-hybridized carbons (Fsp3) is 0.417. The van der Waals surface area contributed by atoms with Crippen LogP contribution in [0.25, 0.3) is 0 Å². The first-order chi connectivity index (χ1) is 13.1. The Morgan fingerprint density at radius 3 is 2.07 bits per heavy atom. The highest BCUT2D eigenvalue weighted by Gasteiger charge is 2.17. The van der Waals surface area contributed by atoms with Gasteiger partial charge in [0.25, 0.3) is 0 Å². The molecule has 0 amide bonds. The van der Waals surface area contributed by atoms with E-state index >= 15 is 0 Å². The Morgan fingerprint density at radius 2 is 1.54 bits per heavy atom. The lowest BCUT2D eigenvalue weighted by molar-refractivity contribution is -0.138. The quantitative estimate of drug-likeness (QED) is 0.505. The maximum Gasteiger partial charge on any atom is 0.314 e. The minimum absolute atomic E-state index is 0.114. The van der Waals surface area contributed by atoms with Crippen molar-refractivity contribution in [3.63, 3.8) is 0 Å². The van der Waals surface area contributed by atoms with Crippen molar-refractivity contribution in [3.05, 3.63) is 65.2 Å². The minimum atomic E-state index is -0.785. The first-order valence-corrected chi connectivity index (χ1v) is 9.77. The zero-order valence-electron chi connectivity index (χ0n) is 17.2. The number of aryl methyl sites for hydroxylation is 1. The molecule has 4 nitrogen and oxygen atoms in total. The van der Waals surface area contributed by atoms with Crippen molar-refractivity contribution in [2.45, 2.75) is 58.8 Å². The number of carbonyl (C=O) groups excluding carboxylic acids is 1. The molecule has 0 aliphatic carbocycles. The number of ether oxygens (including phenoxy) is 1. The van der Waals surface area contributed by atoms with E-state index in [2.05, 4.69) is 45.0 Å². The summed E-state index contributed by atoms with van der Waals surface area (Å²) in [5.41, 5.74) is 3.54. The van der Waals surface area contributed by atoms with Crippen LogP contribution >= 0.6 is 0 Å². The van der Waals surface area contributed by atoms with Gasteiger partial charge in [-0.25, -0.2) is 0 Å². The molecule has 4 heteroatoms. The van der Waals surface area contributed by atoms with Gasteiger partial charge in [0.15, 0.2) is 0 Å². The molecule has 0 radical (unpaired) electrons. The molecule has 1 unspecified atom stereocenters. The van der Waals surface area contributed by atoms with E-state index < -0.39 is 5.97 Å². The molecule has 2 aromatic carbocycles. The van der Waals surface area contributed by atoms with Crippen LogP contribution in [0.4, 0.5) is 0 Å². The number of carboxylic acids is 1. The second-order valence-electron chi connectivity index (χ2n) is 8.36. The standard InChI is InChI=1S/C24H30O4/c1-17(16-19-8-12-20(13-9-19)24(2,3)4)23(27)28-21-14-10-18(11-15-21)6-5-7-22(25)26/h8-15,17H,5-7,16H2,1-4H3,(H,25,26). The van der Waals surface area contributed by atoms with Crippen LogP contribution in [0, 0.1) is 5.92 Å². The molecule has 0 heterocycles. The normalized spacial score (nSPS) is 12.4. The van der Waals surface area contributed by atoms with Gasteiger partial charge in [-0.05, 0) is 53.5 Å². The van der Waals surface area contributed by atoms with Crippen LogP contribution in [0.1, 0.15) is 57.2 Å². The fourth-order valence-corrected chi connectivity index (χ4v) is 2.96. The van der Waals surface area contributed by atoms with Gasteiger partial charge in [-0.15, -0.1) is 0 Å². The second kappa shape index (κ2) is 9.54. The highest BCUT2D eigenvalue weighted by molar-refractivity contribution is 5.75. The zero-order valence-corrected chi connectivity index (χ0v) is 17.2. The van der Waals surface area contributed by atoms with Gasteiger partial charge in [0.05, 0.1) is 5.92 Å². The smallest absolute Gasteiger partial charge is 0.314 e. The Hall–Kier alpha value is -2.62. The van der Waals surface area contributed by atoms with Crippen molar-refractivity contribution in [2.75, 3.05) is 0 Å². The summed E-state index contributed by atoms with van der Waals surface area (Å²) in [5, 5.41) is 8.68. The van der Waals surface area contributed by atoms with Crippen molar-refractivity contribution in [1.82, 2.24) is 0 Å². The third kappa shape index (κ3) is 6.84. The average Bonchev–Trinajstić information content (AvgIpc) is 2.62. The van der Waals surface area contributed by atoms with E-state index in [0.717, 1.165) is 11.1 Å². The average molecular weight is 383 g/mol. The van der Waals surface area contributed by atoms with Gasteiger partial charge in [-0.1, -0.05) is 64.1 Å². The van der Waals surface area contributed by atoms with E-state index in [1.54, 1.807) is 12.1 Å². The topological polar surface area (TPSA) is 63.6 Å². The summed E-state index contributed by atoms with van der Waals surface area (Å²) >= 11 is 0. The van der Waals surface area contributed by atoms with E-state index in [1.807, 2.05) is 19.1 Å². The van der Waals surface area contributed by atoms with Crippen LogP contribution < -0.4 is 4.74 Å². The molecule has 0 saturated heterocycles. The highest BCUT2D eigenvalue weighted by atomic mass is 16.5. The maximum absolute atomic E-state index is 12.4.